The highest BCUT2D eigenvalue weighted by Gasteiger charge is 2.21. The van der Waals surface area contributed by atoms with Crippen LogP contribution in [-0.2, 0) is 27.9 Å². The van der Waals surface area contributed by atoms with E-state index in [1.807, 2.05) is 6.92 Å². The third-order valence-electron chi connectivity index (χ3n) is 5.18. The van der Waals surface area contributed by atoms with Crippen LogP contribution >= 0.6 is 0 Å². The molecule has 1 atom stereocenters. The molecule has 0 saturated heterocycles. The molecule has 172 valence electrons. The second-order valence-corrected chi connectivity index (χ2v) is 10.5. The Morgan fingerprint density at radius 1 is 1.03 bits per heavy atom. The van der Waals surface area contributed by atoms with E-state index < -0.39 is 27.0 Å². The first-order valence-electron chi connectivity index (χ1n) is 10.4. The number of sulfonamides is 1. The molecule has 1 N–H and O–H groups in total. The van der Waals surface area contributed by atoms with Crippen molar-refractivity contribution in [1.82, 2.24) is 18.8 Å². The number of hydrogen-bond donors (Lipinski definition) is 1. The van der Waals surface area contributed by atoms with Crippen molar-refractivity contribution in [2.45, 2.75) is 64.6 Å². The monoisotopic (exact) mass is 452 g/mol. The van der Waals surface area contributed by atoms with Crippen molar-refractivity contribution in [1.29, 1.82) is 0 Å². The molecular formula is C21H32N4O5S. The van der Waals surface area contributed by atoms with Crippen LogP contribution in [0.4, 0.5) is 0 Å². The second-order valence-electron chi connectivity index (χ2n) is 8.32. The number of nitrogens with one attached hydrogen (secondary N) is 1. The average molecular weight is 453 g/mol. The molecule has 0 saturated carbocycles. The van der Waals surface area contributed by atoms with Crippen LogP contribution in [0.15, 0.2) is 32.7 Å². The minimum Gasteiger partial charge on any atom is -0.352 e. The molecule has 1 unspecified atom stereocenters. The Kier molecular flexibility index (Phi) is 7.82. The molecule has 0 fully saturated rings. The van der Waals surface area contributed by atoms with Crippen LogP contribution in [0.25, 0.3) is 11.0 Å². The Balaban J connectivity index is 2.56. The molecule has 1 aromatic carbocycles. The van der Waals surface area contributed by atoms with E-state index in [1.165, 1.54) is 36.9 Å². The number of fused-ring (bicyclic) bond motifs is 1. The molecule has 1 heterocycles. The summed E-state index contributed by atoms with van der Waals surface area (Å²) in [7, 11) is -0.944. The van der Waals surface area contributed by atoms with Gasteiger partial charge in [0.15, 0.2) is 0 Å². The zero-order valence-corrected chi connectivity index (χ0v) is 19.8. The van der Waals surface area contributed by atoms with E-state index in [1.54, 1.807) is 6.92 Å². The highest BCUT2D eigenvalue weighted by molar-refractivity contribution is 7.89. The Morgan fingerprint density at radius 2 is 1.65 bits per heavy atom. The van der Waals surface area contributed by atoms with Crippen LogP contribution in [0, 0.1) is 5.92 Å². The van der Waals surface area contributed by atoms with Gasteiger partial charge in [-0.05, 0) is 50.8 Å². The third-order valence-corrected chi connectivity index (χ3v) is 6.99. The maximum atomic E-state index is 12.8. The minimum absolute atomic E-state index is 0.0230. The van der Waals surface area contributed by atoms with Gasteiger partial charge in [-0.15, -0.1) is 0 Å². The molecule has 0 aliphatic heterocycles. The summed E-state index contributed by atoms with van der Waals surface area (Å²) in [4.78, 5) is 38.0. The molecule has 0 aliphatic carbocycles. The molecule has 0 aliphatic rings. The van der Waals surface area contributed by atoms with Gasteiger partial charge in [0.25, 0.3) is 0 Å². The van der Waals surface area contributed by atoms with E-state index in [9.17, 15) is 22.8 Å². The van der Waals surface area contributed by atoms with E-state index in [0.29, 0.717) is 11.4 Å². The first-order valence-corrected chi connectivity index (χ1v) is 11.8. The lowest BCUT2D eigenvalue weighted by Crippen LogP contribution is -2.44. The normalized spacial score (nSPS) is 13.2. The van der Waals surface area contributed by atoms with Crippen LogP contribution in [0.3, 0.4) is 0 Å². The van der Waals surface area contributed by atoms with E-state index in [-0.39, 0.29) is 29.5 Å². The van der Waals surface area contributed by atoms with Gasteiger partial charge in [-0.25, -0.2) is 12.7 Å². The summed E-state index contributed by atoms with van der Waals surface area (Å²) in [6, 6.07) is 4.15. The van der Waals surface area contributed by atoms with Crippen LogP contribution in [0.1, 0.15) is 40.5 Å². The van der Waals surface area contributed by atoms with E-state index in [4.69, 9.17) is 0 Å². The van der Waals surface area contributed by atoms with Crippen molar-refractivity contribution < 1.29 is 13.2 Å². The first-order chi connectivity index (χ1) is 14.4. The lowest BCUT2D eigenvalue weighted by atomic mass is 10.0. The van der Waals surface area contributed by atoms with Gasteiger partial charge in [-0.2, -0.15) is 0 Å². The Bertz CT molecular complexity index is 1180. The number of aromatic nitrogens is 2. The Labute approximate surface area is 182 Å². The summed E-state index contributed by atoms with van der Waals surface area (Å²) in [6.07, 6.45) is 1.74. The fourth-order valence-corrected chi connectivity index (χ4v) is 4.28. The van der Waals surface area contributed by atoms with E-state index in [0.717, 1.165) is 21.7 Å². The molecule has 31 heavy (non-hydrogen) atoms. The lowest BCUT2D eigenvalue weighted by Gasteiger charge is -2.18. The lowest BCUT2D eigenvalue weighted by molar-refractivity contribution is -0.122. The molecule has 2 rings (SSSR count). The molecular weight excluding hydrogens is 420 g/mol. The zero-order chi connectivity index (χ0) is 23.5. The fourth-order valence-electron chi connectivity index (χ4n) is 3.36. The zero-order valence-electron chi connectivity index (χ0n) is 19.0. The maximum absolute atomic E-state index is 12.8. The van der Waals surface area contributed by atoms with Gasteiger partial charge in [0, 0.05) is 26.7 Å². The number of benzene rings is 1. The van der Waals surface area contributed by atoms with Crippen molar-refractivity contribution >= 4 is 27.0 Å². The summed E-state index contributed by atoms with van der Waals surface area (Å²) < 4.78 is 28.6. The van der Waals surface area contributed by atoms with Gasteiger partial charge in [-0.1, -0.05) is 13.8 Å². The topological polar surface area (TPSA) is 110 Å². The number of rotatable bonds is 9. The number of nitrogens with zero attached hydrogens (tertiary/aromatic N) is 3. The highest BCUT2D eigenvalue weighted by Crippen LogP contribution is 2.20. The molecule has 9 nitrogen and oxygen atoms in total. The highest BCUT2D eigenvalue weighted by atomic mass is 32.2. The van der Waals surface area contributed by atoms with Gasteiger partial charge < -0.3 is 9.88 Å². The van der Waals surface area contributed by atoms with Crippen LogP contribution in [0.2, 0.25) is 0 Å². The predicted molar refractivity (Wildman–Crippen MR) is 121 cm³/mol. The van der Waals surface area contributed by atoms with Crippen LogP contribution < -0.4 is 16.4 Å². The molecule has 10 heteroatoms. The molecule has 2 aromatic rings. The number of hydrogen-bond acceptors (Lipinski definition) is 5. The van der Waals surface area contributed by atoms with Gasteiger partial charge in [0.05, 0.1) is 15.9 Å². The quantitative estimate of drug-likeness (QED) is 0.578. The summed E-state index contributed by atoms with van der Waals surface area (Å²) in [5.41, 5.74) is -0.998. The maximum Gasteiger partial charge on any atom is 0.317 e. The summed E-state index contributed by atoms with van der Waals surface area (Å²) >= 11 is 0. The summed E-state index contributed by atoms with van der Waals surface area (Å²) in [6.45, 7) is 7.68. The average Bonchev–Trinajstić information content (AvgIpc) is 2.69. The predicted octanol–water partition coefficient (Wildman–Crippen LogP) is 1.37. The Morgan fingerprint density at radius 3 is 2.19 bits per heavy atom. The number of amides is 1. The molecule has 0 bridgehead atoms. The first kappa shape index (κ1) is 24.8. The van der Waals surface area contributed by atoms with E-state index >= 15 is 0 Å². The second kappa shape index (κ2) is 9.78. The van der Waals surface area contributed by atoms with Crippen LogP contribution in [0.5, 0.6) is 0 Å². The number of carbonyl (C=O) groups is 1. The summed E-state index contributed by atoms with van der Waals surface area (Å²) in [5.74, 6) is 0.0961. The van der Waals surface area contributed by atoms with Crippen molar-refractivity contribution in [2.24, 2.45) is 5.92 Å². The smallest absolute Gasteiger partial charge is 0.317 e. The van der Waals surface area contributed by atoms with Crippen molar-refractivity contribution in [3.8, 4) is 0 Å². The minimum atomic E-state index is -3.76. The number of aryl methyl sites for hydroxylation is 1. The van der Waals surface area contributed by atoms with Crippen molar-refractivity contribution in [3.63, 3.8) is 0 Å². The SMILES string of the molecule is CCn1c(=O)c(=O)n(CC(=O)NC(C)CCC(C)C)c2cc(S(=O)(=O)N(C)C)ccc21. The third kappa shape index (κ3) is 5.43. The molecule has 1 aromatic heterocycles. The van der Waals surface area contributed by atoms with Gasteiger partial charge >= 0.3 is 11.1 Å². The number of carbonyl (C=O) groups excluding carboxylic acids is 1. The molecule has 1 amide bonds. The van der Waals surface area contributed by atoms with E-state index in [2.05, 4.69) is 19.2 Å². The van der Waals surface area contributed by atoms with Gasteiger partial charge in [-0.3, -0.25) is 19.0 Å². The van der Waals surface area contributed by atoms with Crippen molar-refractivity contribution in [2.75, 3.05) is 14.1 Å². The fraction of sp³-hybridized carbons (Fsp3) is 0.571. The Hall–Kier alpha value is -2.46. The standard InChI is InChI=1S/C21H32N4O5S/c1-7-24-17-11-10-16(31(29,30)23(5)6)12-18(17)25(21(28)20(24)27)13-19(26)22-15(4)9-8-14(2)3/h10-12,14-15H,7-9,13H2,1-6H3,(H,22,26). The van der Waals surface area contributed by atoms with Crippen molar-refractivity contribution in [3.05, 3.63) is 38.9 Å². The largest absolute Gasteiger partial charge is 0.352 e. The van der Waals surface area contributed by atoms with Crippen LogP contribution in [-0.4, -0.2) is 47.9 Å². The molecule has 0 radical (unpaired) electrons. The summed E-state index contributed by atoms with van der Waals surface area (Å²) in [5, 5.41) is 2.85. The van der Waals surface area contributed by atoms with Gasteiger partial charge in [0.1, 0.15) is 6.54 Å². The van der Waals surface area contributed by atoms with Gasteiger partial charge in [0.2, 0.25) is 15.9 Å². The molecule has 0 spiro atoms.